The smallest absolute Gasteiger partial charge is 0.227 e. The first-order valence-corrected chi connectivity index (χ1v) is 10.6. The number of benzene rings is 3. The number of amides is 1. The molecule has 4 nitrogen and oxygen atoms in total. The van der Waals surface area contributed by atoms with Crippen LogP contribution in [0.2, 0.25) is 0 Å². The van der Waals surface area contributed by atoms with Crippen molar-refractivity contribution >= 4 is 11.6 Å². The van der Waals surface area contributed by atoms with Gasteiger partial charge in [-0.05, 0) is 74.8 Å². The molecule has 1 N–H and O–H groups in total. The molecule has 1 amide bonds. The average molecular weight is 401 g/mol. The Kier molecular flexibility index (Phi) is 6.45. The number of nitrogens with one attached hydrogen (secondary N) is 1. The van der Waals surface area contributed by atoms with Gasteiger partial charge in [-0.15, -0.1) is 0 Å². The number of carbonyl (C=O) groups excluding carboxylic acids is 1. The van der Waals surface area contributed by atoms with Gasteiger partial charge < -0.3 is 10.1 Å². The molecule has 4 rings (SSSR count). The zero-order chi connectivity index (χ0) is 20.8. The van der Waals surface area contributed by atoms with E-state index in [2.05, 4.69) is 41.4 Å². The monoisotopic (exact) mass is 400 g/mol. The molecule has 1 aliphatic heterocycles. The summed E-state index contributed by atoms with van der Waals surface area (Å²) in [7, 11) is 0. The van der Waals surface area contributed by atoms with Gasteiger partial charge in [0.2, 0.25) is 5.91 Å². The first-order chi connectivity index (χ1) is 14.7. The lowest BCUT2D eigenvalue weighted by Crippen LogP contribution is -2.37. The van der Waals surface area contributed by atoms with Crippen LogP contribution in [0.4, 0.5) is 5.69 Å². The van der Waals surface area contributed by atoms with Crippen molar-refractivity contribution in [3.63, 3.8) is 0 Å². The molecule has 0 atom stereocenters. The quantitative estimate of drug-likeness (QED) is 0.582. The van der Waals surface area contributed by atoms with Crippen LogP contribution in [0.5, 0.6) is 11.5 Å². The standard InChI is InChI=1S/C26H28N2O2/c1-20-6-5-7-21(18-20)19-28-16-14-22(15-17-28)26(29)27-23-10-12-25(13-11-23)30-24-8-3-2-4-9-24/h2-13,18,22H,14-17,19H2,1H3,(H,27,29). The summed E-state index contributed by atoms with van der Waals surface area (Å²) in [5, 5.41) is 3.06. The Labute approximate surface area is 178 Å². The lowest BCUT2D eigenvalue weighted by molar-refractivity contribution is -0.121. The highest BCUT2D eigenvalue weighted by Crippen LogP contribution is 2.24. The second kappa shape index (κ2) is 9.59. The van der Waals surface area contributed by atoms with E-state index in [0.29, 0.717) is 0 Å². The highest BCUT2D eigenvalue weighted by Gasteiger charge is 2.25. The third-order valence-corrected chi connectivity index (χ3v) is 5.55. The summed E-state index contributed by atoms with van der Waals surface area (Å²) in [6, 6.07) is 25.9. The largest absolute Gasteiger partial charge is 0.457 e. The van der Waals surface area contributed by atoms with E-state index in [1.165, 1.54) is 11.1 Å². The summed E-state index contributed by atoms with van der Waals surface area (Å²) in [5.74, 6) is 1.73. The van der Waals surface area contributed by atoms with Gasteiger partial charge in [-0.25, -0.2) is 0 Å². The number of hydrogen-bond acceptors (Lipinski definition) is 3. The molecule has 0 radical (unpaired) electrons. The summed E-state index contributed by atoms with van der Waals surface area (Å²) < 4.78 is 5.80. The summed E-state index contributed by atoms with van der Waals surface area (Å²) in [4.78, 5) is 15.1. The molecule has 0 spiro atoms. The SMILES string of the molecule is Cc1cccc(CN2CCC(C(=O)Nc3ccc(Oc4ccccc4)cc3)CC2)c1. The molecule has 0 bridgehead atoms. The van der Waals surface area contributed by atoms with Crippen molar-refractivity contribution in [1.82, 2.24) is 4.90 Å². The van der Waals surface area contributed by atoms with Crippen LogP contribution in [0.25, 0.3) is 0 Å². The van der Waals surface area contributed by atoms with Gasteiger partial charge in [0.25, 0.3) is 0 Å². The van der Waals surface area contributed by atoms with Crippen LogP contribution in [0.1, 0.15) is 24.0 Å². The summed E-state index contributed by atoms with van der Waals surface area (Å²) >= 11 is 0. The van der Waals surface area contributed by atoms with Gasteiger partial charge in [-0.1, -0.05) is 48.0 Å². The van der Waals surface area contributed by atoms with Gasteiger partial charge in [-0.3, -0.25) is 9.69 Å². The number of piperidine rings is 1. The number of anilines is 1. The Hall–Kier alpha value is -3.11. The van der Waals surface area contributed by atoms with Gasteiger partial charge in [0.15, 0.2) is 0 Å². The zero-order valence-electron chi connectivity index (χ0n) is 17.4. The van der Waals surface area contributed by atoms with Crippen LogP contribution in [-0.2, 0) is 11.3 Å². The molecule has 4 heteroatoms. The highest BCUT2D eigenvalue weighted by molar-refractivity contribution is 5.92. The molecular weight excluding hydrogens is 372 g/mol. The van der Waals surface area contributed by atoms with Gasteiger partial charge in [-0.2, -0.15) is 0 Å². The summed E-state index contributed by atoms with van der Waals surface area (Å²) in [6.45, 7) is 4.99. The van der Waals surface area contributed by atoms with Gasteiger partial charge in [0.05, 0.1) is 0 Å². The van der Waals surface area contributed by atoms with Gasteiger partial charge in [0, 0.05) is 18.2 Å². The fourth-order valence-electron chi connectivity index (χ4n) is 3.90. The van der Waals surface area contributed by atoms with E-state index in [1.54, 1.807) is 0 Å². The predicted molar refractivity (Wildman–Crippen MR) is 121 cm³/mol. The molecule has 0 unspecified atom stereocenters. The Morgan fingerprint density at radius 2 is 1.63 bits per heavy atom. The van der Waals surface area contributed by atoms with E-state index in [9.17, 15) is 4.79 Å². The van der Waals surface area contributed by atoms with Crippen molar-refractivity contribution in [3.8, 4) is 11.5 Å². The van der Waals surface area contributed by atoms with Crippen LogP contribution >= 0.6 is 0 Å². The highest BCUT2D eigenvalue weighted by atomic mass is 16.5. The molecule has 3 aromatic carbocycles. The van der Waals surface area contributed by atoms with Crippen molar-refractivity contribution in [3.05, 3.63) is 90.0 Å². The average Bonchev–Trinajstić information content (AvgIpc) is 2.76. The number of carbonyl (C=O) groups is 1. The third-order valence-electron chi connectivity index (χ3n) is 5.55. The van der Waals surface area contributed by atoms with Gasteiger partial charge in [0.1, 0.15) is 11.5 Å². The number of aryl methyl sites for hydroxylation is 1. The van der Waals surface area contributed by atoms with E-state index in [0.717, 1.165) is 49.7 Å². The second-order valence-electron chi connectivity index (χ2n) is 7.97. The molecule has 154 valence electrons. The minimum Gasteiger partial charge on any atom is -0.457 e. The first kappa shape index (κ1) is 20.2. The molecule has 1 fully saturated rings. The fraction of sp³-hybridized carbons (Fsp3) is 0.269. The Morgan fingerprint density at radius 1 is 0.933 bits per heavy atom. The molecule has 1 aliphatic rings. The Bertz CT molecular complexity index is 962. The molecule has 30 heavy (non-hydrogen) atoms. The molecule has 1 saturated heterocycles. The number of rotatable bonds is 6. The minimum atomic E-state index is 0.0685. The van der Waals surface area contributed by atoms with Crippen LogP contribution in [0.15, 0.2) is 78.9 Å². The molecule has 1 heterocycles. The number of hydrogen-bond donors (Lipinski definition) is 1. The van der Waals surface area contributed by atoms with Crippen LogP contribution < -0.4 is 10.1 Å². The Balaban J connectivity index is 1.25. The van der Waals surface area contributed by atoms with Crippen LogP contribution in [0.3, 0.4) is 0 Å². The van der Waals surface area contributed by atoms with Crippen molar-refractivity contribution in [2.45, 2.75) is 26.3 Å². The molecule has 0 aliphatic carbocycles. The number of para-hydroxylation sites is 1. The molecule has 3 aromatic rings. The maximum atomic E-state index is 12.7. The molecule has 0 aromatic heterocycles. The first-order valence-electron chi connectivity index (χ1n) is 10.6. The van der Waals surface area contributed by atoms with E-state index in [-0.39, 0.29) is 11.8 Å². The minimum absolute atomic E-state index is 0.0685. The van der Waals surface area contributed by atoms with E-state index < -0.39 is 0 Å². The topological polar surface area (TPSA) is 41.6 Å². The maximum Gasteiger partial charge on any atom is 0.227 e. The number of likely N-dealkylation sites (tertiary alicyclic amines) is 1. The third kappa shape index (κ3) is 5.49. The van der Waals surface area contributed by atoms with E-state index in [4.69, 9.17) is 4.74 Å². The maximum absolute atomic E-state index is 12.7. The summed E-state index contributed by atoms with van der Waals surface area (Å²) in [5.41, 5.74) is 3.44. The normalized spacial score (nSPS) is 15.0. The van der Waals surface area contributed by atoms with Crippen molar-refractivity contribution < 1.29 is 9.53 Å². The zero-order valence-corrected chi connectivity index (χ0v) is 17.4. The van der Waals surface area contributed by atoms with E-state index >= 15 is 0 Å². The molecular formula is C26H28N2O2. The number of nitrogens with zero attached hydrogens (tertiary/aromatic N) is 1. The summed E-state index contributed by atoms with van der Waals surface area (Å²) in [6.07, 6.45) is 1.79. The van der Waals surface area contributed by atoms with E-state index in [1.807, 2.05) is 54.6 Å². The lowest BCUT2D eigenvalue weighted by atomic mass is 9.95. The lowest BCUT2D eigenvalue weighted by Gasteiger charge is -2.31. The van der Waals surface area contributed by atoms with Crippen molar-refractivity contribution in [2.75, 3.05) is 18.4 Å². The second-order valence-corrected chi connectivity index (χ2v) is 7.97. The Morgan fingerprint density at radius 3 is 2.33 bits per heavy atom. The van der Waals surface area contributed by atoms with Gasteiger partial charge >= 0.3 is 0 Å². The molecule has 0 saturated carbocycles. The van der Waals surface area contributed by atoms with Crippen LogP contribution in [-0.4, -0.2) is 23.9 Å². The van der Waals surface area contributed by atoms with Crippen molar-refractivity contribution in [2.24, 2.45) is 5.92 Å². The van der Waals surface area contributed by atoms with Crippen LogP contribution in [0, 0.1) is 12.8 Å². The predicted octanol–water partition coefficient (Wildman–Crippen LogP) is 5.64. The number of ether oxygens (including phenoxy) is 1. The van der Waals surface area contributed by atoms with Crippen molar-refractivity contribution in [1.29, 1.82) is 0 Å². The fourth-order valence-corrected chi connectivity index (χ4v) is 3.90.